The van der Waals surface area contributed by atoms with Gasteiger partial charge in [-0.3, -0.25) is 0 Å². The summed E-state index contributed by atoms with van der Waals surface area (Å²) in [6, 6.07) is 10.2. The van der Waals surface area contributed by atoms with Crippen LogP contribution >= 0.6 is 11.6 Å². The quantitative estimate of drug-likeness (QED) is 0.908. The van der Waals surface area contributed by atoms with E-state index in [1.165, 1.54) is 5.56 Å². The lowest BCUT2D eigenvalue weighted by atomic mass is 9.77. The van der Waals surface area contributed by atoms with Crippen LogP contribution in [-0.4, -0.2) is 11.7 Å². The van der Waals surface area contributed by atoms with Crippen molar-refractivity contribution in [2.75, 3.05) is 6.61 Å². The van der Waals surface area contributed by atoms with Gasteiger partial charge in [0.1, 0.15) is 0 Å². The summed E-state index contributed by atoms with van der Waals surface area (Å²) in [5, 5.41) is 19.6. The van der Waals surface area contributed by atoms with Gasteiger partial charge in [0.2, 0.25) is 0 Å². The second kappa shape index (κ2) is 5.30. The number of aliphatic hydroxyl groups is 1. The molecular weight excluding hydrogens is 246 g/mol. The minimum absolute atomic E-state index is 0.0572. The van der Waals surface area contributed by atoms with E-state index >= 15 is 0 Å². The molecule has 0 radical (unpaired) electrons. The van der Waals surface area contributed by atoms with Crippen molar-refractivity contribution < 1.29 is 5.11 Å². The van der Waals surface area contributed by atoms with Crippen LogP contribution in [0.25, 0.3) is 0 Å². The van der Waals surface area contributed by atoms with Gasteiger partial charge in [-0.25, -0.2) is 0 Å². The Labute approximate surface area is 113 Å². The molecule has 1 fully saturated rings. The van der Waals surface area contributed by atoms with E-state index in [4.69, 9.17) is 11.6 Å². The molecule has 1 saturated carbocycles. The Hall–Kier alpha value is -1.04. The summed E-state index contributed by atoms with van der Waals surface area (Å²) in [4.78, 5) is 0. The van der Waals surface area contributed by atoms with Gasteiger partial charge in [0.25, 0.3) is 0 Å². The predicted octanol–water partition coefficient (Wildman–Crippen LogP) is 3.43. The van der Waals surface area contributed by atoms with Crippen molar-refractivity contribution in [2.45, 2.75) is 26.2 Å². The third kappa shape index (κ3) is 2.53. The van der Waals surface area contributed by atoms with Crippen LogP contribution in [0.4, 0.5) is 0 Å². The zero-order valence-corrected chi connectivity index (χ0v) is 11.3. The van der Waals surface area contributed by atoms with Crippen LogP contribution in [0, 0.1) is 28.6 Å². The summed E-state index contributed by atoms with van der Waals surface area (Å²) in [5.74, 6) is 0.284. The predicted molar refractivity (Wildman–Crippen MR) is 72.2 cm³/mol. The third-order valence-corrected chi connectivity index (χ3v) is 4.47. The van der Waals surface area contributed by atoms with Crippen molar-refractivity contribution in [3.63, 3.8) is 0 Å². The normalized spacial score (nSPS) is 31.2. The van der Waals surface area contributed by atoms with Gasteiger partial charge in [0, 0.05) is 17.0 Å². The fraction of sp³-hybridized carbons (Fsp3) is 0.533. The minimum Gasteiger partial charge on any atom is -0.396 e. The molecule has 0 bridgehead atoms. The number of nitriles is 1. The van der Waals surface area contributed by atoms with E-state index in [2.05, 4.69) is 6.07 Å². The number of halogens is 1. The van der Waals surface area contributed by atoms with E-state index in [0.29, 0.717) is 5.92 Å². The molecule has 2 nitrogen and oxygen atoms in total. The molecule has 0 aliphatic heterocycles. The highest BCUT2D eigenvalue weighted by molar-refractivity contribution is 6.30. The van der Waals surface area contributed by atoms with Crippen molar-refractivity contribution in [1.29, 1.82) is 5.26 Å². The van der Waals surface area contributed by atoms with Crippen molar-refractivity contribution >= 4 is 11.6 Å². The average Bonchev–Trinajstić information content (AvgIpc) is 2.69. The Bertz CT molecular complexity index is 451. The molecule has 2 rings (SSSR count). The molecule has 0 spiro atoms. The van der Waals surface area contributed by atoms with E-state index < -0.39 is 0 Å². The molecule has 1 unspecified atom stereocenters. The number of nitrogens with zero attached hydrogens (tertiary/aromatic N) is 1. The van der Waals surface area contributed by atoms with E-state index in [9.17, 15) is 10.4 Å². The molecule has 1 aliphatic rings. The lowest BCUT2D eigenvalue weighted by molar-refractivity contribution is 0.114. The topological polar surface area (TPSA) is 44.0 Å². The van der Waals surface area contributed by atoms with Crippen molar-refractivity contribution in [3.8, 4) is 6.07 Å². The molecular formula is C15H18ClNO. The molecule has 1 aromatic carbocycles. The zero-order valence-electron chi connectivity index (χ0n) is 10.6. The highest BCUT2D eigenvalue weighted by atomic mass is 35.5. The van der Waals surface area contributed by atoms with Crippen LogP contribution in [0.1, 0.15) is 25.3 Å². The second-order valence-electron chi connectivity index (χ2n) is 5.55. The maximum Gasteiger partial charge on any atom is 0.0665 e. The highest BCUT2D eigenvalue weighted by Crippen LogP contribution is 2.47. The van der Waals surface area contributed by atoms with Crippen LogP contribution in [0.5, 0.6) is 0 Å². The first-order chi connectivity index (χ1) is 8.59. The first-order valence-corrected chi connectivity index (χ1v) is 6.72. The number of benzene rings is 1. The molecule has 0 heterocycles. The number of hydrogen-bond acceptors (Lipinski definition) is 2. The largest absolute Gasteiger partial charge is 0.396 e. The Morgan fingerprint density at radius 1 is 1.44 bits per heavy atom. The summed E-state index contributed by atoms with van der Waals surface area (Å²) >= 11 is 5.87. The van der Waals surface area contributed by atoms with Gasteiger partial charge >= 0.3 is 0 Å². The maximum absolute atomic E-state index is 9.48. The lowest BCUT2D eigenvalue weighted by Gasteiger charge is -2.27. The zero-order chi connectivity index (χ0) is 13.2. The average molecular weight is 264 g/mol. The van der Waals surface area contributed by atoms with Crippen molar-refractivity contribution in [1.82, 2.24) is 0 Å². The molecule has 0 aromatic heterocycles. The second-order valence-corrected chi connectivity index (χ2v) is 5.98. The van der Waals surface area contributed by atoms with Gasteiger partial charge in [-0.2, -0.15) is 5.26 Å². The monoisotopic (exact) mass is 263 g/mol. The van der Waals surface area contributed by atoms with E-state index in [1.54, 1.807) is 0 Å². The van der Waals surface area contributed by atoms with E-state index in [0.717, 1.165) is 24.3 Å². The summed E-state index contributed by atoms with van der Waals surface area (Å²) in [7, 11) is 0. The fourth-order valence-corrected chi connectivity index (χ4v) is 3.11. The summed E-state index contributed by atoms with van der Waals surface area (Å²) in [6.07, 6.45) is 2.84. The van der Waals surface area contributed by atoms with Gasteiger partial charge in [-0.15, -0.1) is 0 Å². The Morgan fingerprint density at radius 2 is 2.11 bits per heavy atom. The van der Waals surface area contributed by atoms with Crippen LogP contribution in [-0.2, 0) is 6.42 Å². The SMILES string of the molecule is C[C@@]1(CO)CCC(Cc2ccc(Cl)cc2)[C@H]1C#N. The molecule has 0 saturated heterocycles. The molecule has 18 heavy (non-hydrogen) atoms. The Morgan fingerprint density at radius 3 is 2.67 bits per heavy atom. The summed E-state index contributed by atoms with van der Waals surface area (Å²) < 4.78 is 0. The molecule has 0 amide bonds. The van der Waals surface area contributed by atoms with Crippen LogP contribution < -0.4 is 0 Å². The van der Waals surface area contributed by atoms with Gasteiger partial charge < -0.3 is 5.11 Å². The highest BCUT2D eigenvalue weighted by Gasteiger charge is 2.44. The Balaban J connectivity index is 2.11. The third-order valence-electron chi connectivity index (χ3n) is 4.22. The summed E-state index contributed by atoms with van der Waals surface area (Å²) in [5.41, 5.74) is 0.984. The van der Waals surface area contributed by atoms with Crippen LogP contribution in [0.15, 0.2) is 24.3 Å². The standard InChI is InChI=1S/C15H18ClNO/c1-15(10-18)7-6-12(14(15)9-17)8-11-2-4-13(16)5-3-11/h2-5,12,14,18H,6-8,10H2,1H3/t12?,14-,15+/m1/s1. The maximum atomic E-state index is 9.48. The van der Waals surface area contributed by atoms with Crippen molar-refractivity contribution in [2.24, 2.45) is 17.3 Å². The first-order valence-electron chi connectivity index (χ1n) is 6.34. The smallest absolute Gasteiger partial charge is 0.0665 e. The van der Waals surface area contributed by atoms with E-state index in [1.807, 2.05) is 31.2 Å². The van der Waals surface area contributed by atoms with Crippen LogP contribution in [0.2, 0.25) is 5.02 Å². The number of rotatable bonds is 3. The minimum atomic E-state index is -0.230. The van der Waals surface area contributed by atoms with Gasteiger partial charge in [-0.1, -0.05) is 30.7 Å². The number of hydrogen-bond donors (Lipinski definition) is 1. The first kappa shape index (κ1) is 13.4. The molecule has 3 atom stereocenters. The van der Waals surface area contributed by atoms with Gasteiger partial charge in [0.15, 0.2) is 0 Å². The van der Waals surface area contributed by atoms with Gasteiger partial charge in [-0.05, 0) is 42.9 Å². The lowest BCUT2D eigenvalue weighted by Crippen LogP contribution is -2.28. The van der Waals surface area contributed by atoms with E-state index in [-0.39, 0.29) is 17.9 Å². The van der Waals surface area contributed by atoms with Gasteiger partial charge in [0.05, 0.1) is 12.0 Å². The summed E-state index contributed by atoms with van der Waals surface area (Å²) in [6.45, 7) is 2.12. The molecule has 1 N–H and O–H groups in total. The van der Waals surface area contributed by atoms with Crippen molar-refractivity contribution in [3.05, 3.63) is 34.9 Å². The number of aliphatic hydroxyl groups excluding tert-OH is 1. The molecule has 3 heteroatoms. The molecule has 1 aromatic rings. The Kier molecular flexibility index (Phi) is 3.94. The molecule has 96 valence electrons. The fourth-order valence-electron chi connectivity index (χ4n) is 2.99. The van der Waals surface area contributed by atoms with Crippen LogP contribution in [0.3, 0.4) is 0 Å². The molecule has 1 aliphatic carbocycles.